The molecule has 1 saturated heterocycles. The van der Waals surface area contributed by atoms with E-state index in [-0.39, 0.29) is 24.3 Å². The second-order valence-corrected chi connectivity index (χ2v) is 6.70. The van der Waals surface area contributed by atoms with E-state index in [1.807, 2.05) is 0 Å². The number of carbonyl (C=O) groups excluding carboxylic acids is 2. The molecular formula is C17H16BrNO5S. The van der Waals surface area contributed by atoms with Gasteiger partial charge < -0.3 is 14.2 Å². The largest absolute Gasteiger partial charge is 0.493 e. The first-order valence-corrected chi connectivity index (χ1v) is 8.80. The van der Waals surface area contributed by atoms with Crippen molar-refractivity contribution in [3.8, 4) is 23.8 Å². The van der Waals surface area contributed by atoms with Gasteiger partial charge in [-0.3, -0.25) is 14.5 Å². The maximum Gasteiger partial charge on any atom is 0.293 e. The van der Waals surface area contributed by atoms with E-state index in [4.69, 9.17) is 20.6 Å². The van der Waals surface area contributed by atoms with Gasteiger partial charge >= 0.3 is 0 Å². The predicted molar refractivity (Wildman–Crippen MR) is 99.6 cm³/mol. The molecule has 2 amide bonds. The minimum absolute atomic E-state index is 0.104. The SMILES string of the molecule is C#CCOc1c(Br)cc(/C=C2/SC(=O)N(CCOC)C2=O)cc1OC. The molecule has 1 heterocycles. The van der Waals surface area contributed by atoms with E-state index in [0.29, 0.717) is 33.0 Å². The number of halogens is 1. The average Bonchev–Trinajstić information content (AvgIpc) is 2.85. The Hall–Kier alpha value is -1.95. The lowest BCUT2D eigenvalue weighted by molar-refractivity contribution is -0.123. The highest BCUT2D eigenvalue weighted by atomic mass is 79.9. The average molecular weight is 426 g/mol. The Morgan fingerprint density at radius 1 is 1.36 bits per heavy atom. The van der Waals surface area contributed by atoms with Crippen LogP contribution in [0.2, 0.25) is 0 Å². The highest BCUT2D eigenvalue weighted by Gasteiger charge is 2.34. The van der Waals surface area contributed by atoms with Gasteiger partial charge in [-0.2, -0.15) is 0 Å². The van der Waals surface area contributed by atoms with E-state index in [2.05, 4.69) is 21.9 Å². The van der Waals surface area contributed by atoms with Crippen LogP contribution in [0.4, 0.5) is 4.79 Å². The van der Waals surface area contributed by atoms with E-state index in [1.54, 1.807) is 18.2 Å². The number of methoxy groups -OCH3 is 2. The monoisotopic (exact) mass is 425 g/mol. The first-order valence-electron chi connectivity index (χ1n) is 7.20. The molecule has 1 aliphatic rings. The van der Waals surface area contributed by atoms with Crippen LogP contribution in [0.3, 0.4) is 0 Å². The van der Waals surface area contributed by atoms with Gasteiger partial charge in [0, 0.05) is 7.11 Å². The number of hydrogen-bond donors (Lipinski definition) is 0. The fourth-order valence-corrected chi connectivity index (χ4v) is 3.54. The predicted octanol–water partition coefficient (Wildman–Crippen LogP) is 3.15. The normalized spacial score (nSPS) is 15.6. The van der Waals surface area contributed by atoms with E-state index >= 15 is 0 Å². The third-order valence-corrected chi connectivity index (χ3v) is 4.74. The molecule has 0 unspecified atom stereocenters. The second-order valence-electron chi connectivity index (χ2n) is 4.85. The summed E-state index contributed by atoms with van der Waals surface area (Å²) < 4.78 is 16.3. The Bertz CT molecular complexity index is 756. The van der Waals surface area contributed by atoms with Gasteiger partial charge in [-0.15, -0.1) is 6.42 Å². The van der Waals surface area contributed by atoms with Crippen molar-refractivity contribution >= 4 is 44.9 Å². The van der Waals surface area contributed by atoms with Crippen molar-refractivity contribution in [2.75, 3.05) is 34.0 Å². The van der Waals surface area contributed by atoms with Crippen LogP contribution in [0.25, 0.3) is 6.08 Å². The number of amides is 2. The molecule has 8 heteroatoms. The Labute approximate surface area is 158 Å². The Balaban J connectivity index is 2.29. The molecule has 0 saturated carbocycles. The molecule has 0 radical (unpaired) electrons. The van der Waals surface area contributed by atoms with Crippen LogP contribution < -0.4 is 9.47 Å². The van der Waals surface area contributed by atoms with Gasteiger partial charge in [-0.25, -0.2) is 0 Å². The highest BCUT2D eigenvalue weighted by molar-refractivity contribution is 9.10. The van der Waals surface area contributed by atoms with Gasteiger partial charge in [0.15, 0.2) is 11.5 Å². The minimum atomic E-state index is -0.338. The first kappa shape index (κ1) is 19.4. The number of thioether (sulfide) groups is 1. The molecule has 1 aromatic carbocycles. The van der Waals surface area contributed by atoms with E-state index in [1.165, 1.54) is 14.2 Å². The van der Waals surface area contributed by atoms with Crippen molar-refractivity contribution in [1.29, 1.82) is 0 Å². The molecule has 0 atom stereocenters. The number of nitrogens with zero attached hydrogens (tertiary/aromatic N) is 1. The fraction of sp³-hybridized carbons (Fsp3) is 0.294. The molecular weight excluding hydrogens is 410 g/mol. The number of imide groups is 1. The van der Waals surface area contributed by atoms with Crippen LogP contribution in [0.5, 0.6) is 11.5 Å². The Morgan fingerprint density at radius 2 is 2.12 bits per heavy atom. The van der Waals surface area contributed by atoms with Gasteiger partial charge in [0.05, 0.1) is 29.6 Å². The molecule has 0 spiro atoms. The van der Waals surface area contributed by atoms with Crippen molar-refractivity contribution in [2.45, 2.75) is 0 Å². The lowest BCUT2D eigenvalue weighted by Crippen LogP contribution is -2.31. The van der Waals surface area contributed by atoms with Gasteiger partial charge in [-0.1, -0.05) is 5.92 Å². The summed E-state index contributed by atoms with van der Waals surface area (Å²) in [6.45, 7) is 0.628. The van der Waals surface area contributed by atoms with Crippen LogP contribution >= 0.6 is 27.7 Å². The standard InChI is InChI=1S/C17H16BrNO5S/c1-4-6-24-15-12(18)8-11(9-13(15)23-3)10-14-16(20)19(5-7-22-2)17(21)25-14/h1,8-10H,5-7H2,2-3H3/b14-10+. The van der Waals surface area contributed by atoms with E-state index in [0.717, 1.165) is 16.7 Å². The molecule has 1 aromatic rings. The first-order chi connectivity index (χ1) is 12.0. The molecule has 0 N–H and O–H groups in total. The van der Waals surface area contributed by atoms with Gasteiger partial charge in [0.1, 0.15) is 6.61 Å². The summed E-state index contributed by atoms with van der Waals surface area (Å²) in [5.74, 6) is 3.00. The van der Waals surface area contributed by atoms with Crippen molar-refractivity contribution < 1.29 is 23.8 Å². The number of rotatable bonds is 7. The van der Waals surface area contributed by atoms with E-state index in [9.17, 15) is 9.59 Å². The van der Waals surface area contributed by atoms with Crippen molar-refractivity contribution in [3.05, 3.63) is 27.1 Å². The third-order valence-electron chi connectivity index (χ3n) is 3.24. The van der Waals surface area contributed by atoms with Crippen molar-refractivity contribution in [3.63, 3.8) is 0 Å². The maximum absolute atomic E-state index is 12.3. The maximum atomic E-state index is 12.3. The Kier molecular flexibility index (Phi) is 6.93. The van der Waals surface area contributed by atoms with Crippen LogP contribution in [0.15, 0.2) is 21.5 Å². The summed E-state index contributed by atoms with van der Waals surface area (Å²) in [5, 5.41) is -0.312. The van der Waals surface area contributed by atoms with Crippen LogP contribution in [-0.2, 0) is 9.53 Å². The highest BCUT2D eigenvalue weighted by Crippen LogP contribution is 2.39. The molecule has 0 aliphatic carbocycles. The Morgan fingerprint density at radius 3 is 2.76 bits per heavy atom. The molecule has 132 valence electrons. The topological polar surface area (TPSA) is 65.1 Å². The van der Waals surface area contributed by atoms with Crippen LogP contribution in [0, 0.1) is 12.3 Å². The van der Waals surface area contributed by atoms with Crippen LogP contribution in [-0.4, -0.2) is 50.0 Å². The summed E-state index contributed by atoms with van der Waals surface area (Å²) in [4.78, 5) is 25.8. The zero-order valence-electron chi connectivity index (χ0n) is 13.7. The summed E-state index contributed by atoms with van der Waals surface area (Å²) in [5.41, 5.74) is 0.689. The molecule has 2 rings (SSSR count). The molecule has 1 fully saturated rings. The van der Waals surface area contributed by atoms with Gasteiger partial charge in [0.25, 0.3) is 11.1 Å². The quantitative estimate of drug-likeness (QED) is 0.493. The van der Waals surface area contributed by atoms with E-state index < -0.39 is 0 Å². The van der Waals surface area contributed by atoms with Crippen molar-refractivity contribution in [1.82, 2.24) is 4.90 Å². The minimum Gasteiger partial charge on any atom is -0.493 e. The third kappa shape index (κ3) is 4.57. The summed E-state index contributed by atoms with van der Waals surface area (Å²) >= 11 is 4.30. The summed E-state index contributed by atoms with van der Waals surface area (Å²) in [6, 6.07) is 3.47. The molecule has 0 aromatic heterocycles. The zero-order valence-corrected chi connectivity index (χ0v) is 16.1. The van der Waals surface area contributed by atoms with Gasteiger partial charge in [-0.05, 0) is 51.5 Å². The number of terminal acetylenes is 1. The number of ether oxygens (including phenoxy) is 3. The summed E-state index contributed by atoms with van der Waals surface area (Å²) in [6.07, 6.45) is 6.84. The van der Waals surface area contributed by atoms with Gasteiger partial charge in [0.2, 0.25) is 0 Å². The lowest BCUT2D eigenvalue weighted by atomic mass is 10.2. The van der Waals surface area contributed by atoms with Crippen molar-refractivity contribution in [2.24, 2.45) is 0 Å². The zero-order chi connectivity index (χ0) is 18.4. The molecule has 25 heavy (non-hydrogen) atoms. The smallest absolute Gasteiger partial charge is 0.293 e. The number of carbonyl (C=O) groups is 2. The molecule has 0 bridgehead atoms. The summed E-state index contributed by atoms with van der Waals surface area (Å²) in [7, 11) is 3.02. The fourth-order valence-electron chi connectivity index (χ4n) is 2.10. The van der Waals surface area contributed by atoms with Crippen LogP contribution in [0.1, 0.15) is 5.56 Å². The number of hydrogen-bond acceptors (Lipinski definition) is 6. The number of benzene rings is 1. The second kappa shape index (κ2) is 8.94. The molecule has 6 nitrogen and oxygen atoms in total. The lowest BCUT2D eigenvalue weighted by Gasteiger charge is -2.12. The molecule has 1 aliphatic heterocycles.